The summed E-state index contributed by atoms with van der Waals surface area (Å²) in [6, 6.07) is 7.17. The lowest BCUT2D eigenvalue weighted by molar-refractivity contribution is -0.114. The van der Waals surface area contributed by atoms with Crippen molar-refractivity contribution in [2.75, 3.05) is 10.6 Å². The summed E-state index contributed by atoms with van der Waals surface area (Å²) in [7, 11) is 0. The predicted molar refractivity (Wildman–Crippen MR) is 125 cm³/mol. The normalized spacial score (nSPS) is 10.6. The molecule has 0 aliphatic carbocycles. The van der Waals surface area contributed by atoms with Gasteiger partial charge < -0.3 is 21.1 Å². The largest absolute Gasteiger partial charge is 0.487 e. The molecule has 0 aliphatic rings. The standard InChI is InChI=1S/C22H18ClFN8O3/c1-12(33)28-19-4-5-32(31-19)21-14(11-35-16-6-13(20(25)34)8-26-10-16)9-27-22(30-21)29-15-2-3-18(24)17(23)7-15/h2-10H,11H2,1H3,(H2,25,34)(H,27,29,30)(H,28,31,33). The topological polar surface area (TPSA) is 150 Å². The Morgan fingerprint density at radius 1 is 1.20 bits per heavy atom. The van der Waals surface area contributed by atoms with E-state index < -0.39 is 11.7 Å². The van der Waals surface area contributed by atoms with E-state index in [1.165, 1.54) is 54.5 Å². The number of carbonyl (C=O) groups is 2. The fourth-order valence-corrected chi connectivity index (χ4v) is 3.12. The summed E-state index contributed by atoms with van der Waals surface area (Å²) < 4.78 is 20.7. The molecule has 178 valence electrons. The number of nitrogens with one attached hydrogen (secondary N) is 2. The smallest absolute Gasteiger partial charge is 0.250 e. The van der Waals surface area contributed by atoms with Gasteiger partial charge in [0.1, 0.15) is 18.2 Å². The maximum Gasteiger partial charge on any atom is 0.250 e. The molecule has 0 saturated carbocycles. The van der Waals surface area contributed by atoms with Crippen LogP contribution >= 0.6 is 11.6 Å². The highest BCUT2D eigenvalue weighted by molar-refractivity contribution is 6.31. The van der Waals surface area contributed by atoms with Crippen LogP contribution in [0.25, 0.3) is 5.82 Å². The van der Waals surface area contributed by atoms with Crippen molar-refractivity contribution in [3.63, 3.8) is 0 Å². The number of amides is 2. The Morgan fingerprint density at radius 2 is 2.03 bits per heavy atom. The number of hydrogen-bond acceptors (Lipinski definition) is 8. The second kappa shape index (κ2) is 10.1. The van der Waals surface area contributed by atoms with Gasteiger partial charge >= 0.3 is 0 Å². The molecule has 4 aromatic rings. The van der Waals surface area contributed by atoms with E-state index in [9.17, 15) is 14.0 Å². The molecule has 0 spiro atoms. The Balaban J connectivity index is 1.64. The molecule has 0 aliphatic heterocycles. The minimum absolute atomic E-state index is 0.00276. The Morgan fingerprint density at radius 3 is 2.77 bits per heavy atom. The lowest BCUT2D eigenvalue weighted by Gasteiger charge is -2.13. The van der Waals surface area contributed by atoms with Crippen molar-refractivity contribution in [2.45, 2.75) is 13.5 Å². The third-order valence-electron chi connectivity index (χ3n) is 4.52. The third kappa shape index (κ3) is 5.86. The molecule has 0 saturated heterocycles. The van der Waals surface area contributed by atoms with Crippen LogP contribution in [0.3, 0.4) is 0 Å². The van der Waals surface area contributed by atoms with E-state index in [-0.39, 0.29) is 29.0 Å². The Labute approximate surface area is 203 Å². The monoisotopic (exact) mass is 496 g/mol. The molecule has 35 heavy (non-hydrogen) atoms. The molecular weight excluding hydrogens is 479 g/mol. The van der Waals surface area contributed by atoms with Crippen LogP contribution in [0, 0.1) is 5.82 Å². The van der Waals surface area contributed by atoms with Gasteiger partial charge in [-0.3, -0.25) is 14.6 Å². The number of nitrogens with two attached hydrogens (primary N) is 1. The van der Waals surface area contributed by atoms with Crippen LogP contribution in [0.4, 0.5) is 21.8 Å². The summed E-state index contributed by atoms with van der Waals surface area (Å²) in [5.74, 6) is -0.310. The number of carbonyl (C=O) groups excluding carboxylic acids is 2. The first kappa shape index (κ1) is 23.6. The zero-order valence-corrected chi connectivity index (χ0v) is 19.0. The van der Waals surface area contributed by atoms with Crippen LogP contribution in [0.15, 0.2) is 55.1 Å². The zero-order chi connectivity index (χ0) is 24.9. The van der Waals surface area contributed by atoms with Crippen LogP contribution in [-0.4, -0.2) is 36.5 Å². The van der Waals surface area contributed by atoms with E-state index in [0.717, 1.165) is 0 Å². The van der Waals surface area contributed by atoms with Crippen molar-refractivity contribution in [3.8, 4) is 11.6 Å². The maximum atomic E-state index is 13.5. The quantitative estimate of drug-likeness (QED) is 0.336. The van der Waals surface area contributed by atoms with Gasteiger partial charge in [0.25, 0.3) is 0 Å². The lowest BCUT2D eigenvalue weighted by atomic mass is 10.2. The Kier molecular flexibility index (Phi) is 6.83. The van der Waals surface area contributed by atoms with Gasteiger partial charge in [0.15, 0.2) is 11.6 Å². The van der Waals surface area contributed by atoms with Crippen molar-refractivity contribution < 1.29 is 18.7 Å². The van der Waals surface area contributed by atoms with Crippen LogP contribution in [-0.2, 0) is 11.4 Å². The van der Waals surface area contributed by atoms with Gasteiger partial charge in [-0.05, 0) is 24.3 Å². The van der Waals surface area contributed by atoms with Gasteiger partial charge in [0.2, 0.25) is 17.8 Å². The minimum Gasteiger partial charge on any atom is -0.487 e. The fraction of sp³-hybridized carbons (Fsp3) is 0.0909. The highest BCUT2D eigenvalue weighted by Crippen LogP contribution is 2.23. The van der Waals surface area contributed by atoms with Gasteiger partial charge in [0, 0.05) is 37.3 Å². The first-order chi connectivity index (χ1) is 16.8. The van der Waals surface area contributed by atoms with Gasteiger partial charge in [0.05, 0.1) is 22.3 Å². The average Bonchev–Trinajstić information content (AvgIpc) is 3.28. The number of nitrogens with zero attached hydrogens (tertiary/aromatic N) is 5. The van der Waals surface area contributed by atoms with Gasteiger partial charge in [-0.2, -0.15) is 4.98 Å². The molecule has 4 rings (SSSR count). The SMILES string of the molecule is CC(=O)Nc1ccn(-c2nc(Nc3ccc(F)c(Cl)c3)ncc2COc2cncc(C(N)=O)c2)n1. The number of pyridine rings is 1. The molecule has 1 aromatic carbocycles. The van der Waals surface area contributed by atoms with Crippen LogP contribution < -0.4 is 21.1 Å². The zero-order valence-electron chi connectivity index (χ0n) is 18.2. The van der Waals surface area contributed by atoms with E-state index in [1.54, 1.807) is 12.3 Å². The van der Waals surface area contributed by atoms with E-state index in [2.05, 4.69) is 30.7 Å². The van der Waals surface area contributed by atoms with E-state index in [4.69, 9.17) is 22.1 Å². The van der Waals surface area contributed by atoms with Crippen molar-refractivity contribution in [1.29, 1.82) is 0 Å². The van der Waals surface area contributed by atoms with Gasteiger partial charge in [-0.25, -0.2) is 14.1 Å². The van der Waals surface area contributed by atoms with Gasteiger partial charge in [-0.1, -0.05) is 11.6 Å². The molecule has 11 nitrogen and oxygen atoms in total. The number of aromatic nitrogens is 5. The molecule has 3 heterocycles. The van der Waals surface area contributed by atoms with Crippen LogP contribution in [0.1, 0.15) is 22.8 Å². The van der Waals surface area contributed by atoms with Crippen molar-refractivity contribution >= 4 is 40.9 Å². The molecular formula is C22H18ClFN8O3. The molecule has 2 amide bonds. The third-order valence-corrected chi connectivity index (χ3v) is 4.81. The number of anilines is 3. The molecule has 0 unspecified atom stereocenters. The molecule has 0 atom stereocenters. The number of rotatable bonds is 8. The Bertz CT molecular complexity index is 1410. The summed E-state index contributed by atoms with van der Waals surface area (Å²) in [5, 5.41) is 9.81. The first-order valence-corrected chi connectivity index (χ1v) is 10.5. The van der Waals surface area contributed by atoms with Crippen molar-refractivity contribution in [1.82, 2.24) is 24.7 Å². The molecule has 0 radical (unpaired) electrons. The van der Waals surface area contributed by atoms with Crippen molar-refractivity contribution in [2.24, 2.45) is 5.73 Å². The molecule has 3 aromatic heterocycles. The van der Waals surface area contributed by atoms with Crippen LogP contribution in [0.2, 0.25) is 5.02 Å². The highest BCUT2D eigenvalue weighted by atomic mass is 35.5. The number of benzene rings is 1. The number of ether oxygens (including phenoxy) is 1. The molecule has 13 heteroatoms. The molecule has 0 fully saturated rings. The number of halogens is 2. The first-order valence-electron chi connectivity index (χ1n) is 10.1. The van der Waals surface area contributed by atoms with E-state index in [0.29, 0.717) is 28.6 Å². The number of primary amides is 1. The highest BCUT2D eigenvalue weighted by Gasteiger charge is 2.14. The Hall–Kier alpha value is -4.58. The van der Waals surface area contributed by atoms with Gasteiger partial charge in [-0.15, -0.1) is 5.10 Å². The molecule has 0 bridgehead atoms. The summed E-state index contributed by atoms with van der Waals surface area (Å²) in [6.45, 7) is 1.37. The van der Waals surface area contributed by atoms with Crippen molar-refractivity contribution in [3.05, 3.63) is 77.1 Å². The summed E-state index contributed by atoms with van der Waals surface area (Å²) >= 11 is 5.85. The average molecular weight is 497 g/mol. The molecule has 4 N–H and O–H groups in total. The minimum atomic E-state index is -0.634. The summed E-state index contributed by atoms with van der Waals surface area (Å²) in [5.41, 5.74) is 6.49. The fourth-order valence-electron chi connectivity index (χ4n) is 2.94. The van der Waals surface area contributed by atoms with E-state index >= 15 is 0 Å². The second-order valence-corrected chi connectivity index (χ2v) is 7.59. The second-order valence-electron chi connectivity index (χ2n) is 7.19. The maximum absolute atomic E-state index is 13.5. The van der Waals surface area contributed by atoms with E-state index in [1.807, 2.05) is 0 Å². The predicted octanol–water partition coefficient (Wildman–Crippen LogP) is 3.23. The summed E-state index contributed by atoms with van der Waals surface area (Å²) in [6.07, 6.45) is 5.88. The lowest BCUT2D eigenvalue weighted by Crippen LogP contribution is -2.12. The number of hydrogen-bond donors (Lipinski definition) is 3. The van der Waals surface area contributed by atoms with Crippen LogP contribution in [0.5, 0.6) is 5.75 Å². The summed E-state index contributed by atoms with van der Waals surface area (Å²) in [4.78, 5) is 35.5.